The molecule has 0 saturated heterocycles. The van der Waals surface area contributed by atoms with E-state index in [-0.39, 0.29) is 6.42 Å². The highest BCUT2D eigenvalue weighted by molar-refractivity contribution is 7.88. The van der Waals surface area contributed by atoms with Crippen LogP contribution in [0.5, 0.6) is 0 Å². The first-order valence-corrected chi connectivity index (χ1v) is 5.87. The molecule has 0 aromatic rings. The fourth-order valence-electron chi connectivity index (χ4n) is 0.707. The molecule has 0 bridgehead atoms. The number of carbonyl (C=O) groups excluding carboxylic acids is 1. The maximum Gasteiger partial charge on any atom is 0.250 e. The second-order valence-electron chi connectivity index (χ2n) is 3.39. The molecule has 0 fully saturated rings. The smallest absolute Gasteiger partial charge is 0.250 e. The van der Waals surface area contributed by atoms with Crippen LogP contribution in [0.4, 0.5) is 0 Å². The first-order valence-electron chi connectivity index (χ1n) is 4.03. The normalized spacial score (nSPS) is 11.8. The van der Waals surface area contributed by atoms with E-state index in [9.17, 15) is 13.2 Å². The van der Waals surface area contributed by atoms with Gasteiger partial charge in [-0.15, -0.1) is 0 Å². The molecule has 0 aliphatic carbocycles. The van der Waals surface area contributed by atoms with Gasteiger partial charge in [0.2, 0.25) is 10.0 Å². The van der Waals surface area contributed by atoms with Crippen LogP contribution in [0.2, 0.25) is 0 Å². The van der Waals surface area contributed by atoms with Gasteiger partial charge < -0.3 is 0 Å². The van der Waals surface area contributed by atoms with Crippen molar-refractivity contribution in [3.05, 3.63) is 0 Å². The molecular weight excluding hydrogens is 192 g/mol. The Morgan fingerprint density at radius 1 is 1.46 bits per heavy atom. The van der Waals surface area contributed by atoms with E-state index in [1.807, 2.05) is 13.8 Å². The van der Waals surface area contributed by atoms with E-state index < -0.39 is 15.9 Å². The predicted molar refractivity (Wildman–Crippen MR) is 49.9 cm³/mol. The van der Waals surface area contributed by atoms with Crippen molar-refractivity contribution in [1.29, 1.82) is 0 Å². The Bertz CT molecular complexity index is 271. The minimum absolute atomic E-state index is 0.168. The van der Waals surface area contributed by atoms with E-state index in [1.165, 1.54) is 0 Å². The molecule has 0 spiro atoms. The lowest BCUT2D eigenvalue weighted by molar-refractivity contribution is -0.126. The van der Waals surface area contributed by atoms with E-state index >= 15 is 0 Å². The van der Waals surface area contributed by atoms with Crippen LogP contribution in [0.15, 0.2) is 0 Å². The van der Waals surface area contributed by atoms with Crippen molar-refractivity contribution in [1.82, 2.24) is 4.41 Å². The van der Waals surface area contributed by atoms with Crippen molar-refractivity contribution in [2.75, 3.05) is 6.26 Å². The Morgan fingerprint density at radius 2 is 1.92 bits per heavy atom. The van der Waals surface area contributed by atoms with E-state index in [0.29, 0.717) is 16.8 Å². The standard InChI is InChI=1S/C7H16N2O3S/c1-6(2)4-5-7(10)9(8)13(3,11)12/h6H,4-5,8H2,1-3H3. The third-order valence-electron chi connectivity index (χ3n) is 1.54. The highest BCUT2D eigenvalue weighted by Gasteiger charge is 2.18. The summed E-state index contributed by atoms with van der Waals surface area (Å²) in [6.07, 6.45) is 1.71. The van der Waals surface area contributed by atoms with Crippen molar-refractivity contribution < 1.29 is 13.2 Å². The van der Waals surface area contributed by atoms with Crippen LogP contribution in [-0.4, -0.2) is 25.0 Å². The quantitative estimate of drug-likeness (QED) is 0.403. The molecule has 0 aliphatic heterocycles. The van der Waals surface area contributed by atoms with Crippen LogP contribution in [0.25, 0.3) is 0 Å². The number of nitrogens with two attached hydrogens (primary N) is 1. The maximum atomic E-state index is 11.1. The third kappa shape index (κ3) is 4.84. The number of hydrogen-bond acceptors (Lipinski definition) is 4. The molecule has 0 aliphatic rings. The predicted octanol–water partition coefficient (Wildman–Crippen LogP) is 0.0845. The SMILES string of the molecule is CC(C)CCC(=O)N(N)S(C)(=O)=O. The average Bonchev–Trinajstić information content (AvgIpc) is 1.96. The number of nitrogens with zero attached hydrogens (tertiary/aromatic N) is 1. The van der Waals surface area contributed by atoms with Gasteiger partial charge in [-0.1, -0.05) is 13.8 Å². The van der Waals surface area contributed by atoms with Crippen LogP contribution < -0.4 is 5.84 Å². The molecule has 6 heteroatoms. The van der Waals surface area contributed by atoms with Crippen molar-refractivity contribution >= 4 is 15.9 Å². The molecule has 0 unspecified atom stereocenters. The zero-order valence-corrected chi connectivity index (χ0v) is 8.97. The van der Waals surface area contributed by atoms with Crippen molar-refractivity contribution in [3.63, 3.8) is 0 Å². The molecule has 0 saturated carbocycles. The van der Waals surface area contributed by atoms with Crippen LogP contribution in [0.3, 0.4) is 0 Å². The summed E-state index contributed by atoms with van der Waals surface area (Å²) in [6.45, 7) is 3.91. The number of sulfonamides is 1. The molecule has 78 valence electrons. The second-order valence-corrected chi connectivity index (χ2v) is 5.24. The first kappa shape index (κ1) is 12.4. The van der Waals surface area contributed by atoms with Crippen LogP contribution >= 0.6 is 0 Å². The van der Waals surface area contributed by atoms with Gasteiger partial charge in [0.05, 0.1) is 6.26 Å². The first-order chi connectivity index (χ1) is 5.75. The summed E-state index contributed by atoms with van der Waals surface area (Å²) in [5.41, 5.74) is 0. The van der Waals surface area contributed by atoms with Crippen LogP contribution in [0, 0.1) is 5.92 Å². The van der Waals surface area contributed by atoms with Crippen molar-refractivity contribution in [2.45, 2.75) is 26.7 Å². The van der Waals surface area contributed by atoms with Gasteiger partial charge >= 0.3 is 0 Å². The molecule has 5 nitrogen and oxygen atoms in total. The highest BCUT2D eigenvalue weighted by atomic mass is 32.2. The number of hydrazine groups is 1. The van der Waals surface area contributed by atoms with Gasteiger partial charge in [0, 0.05) is 6.42 Å². The topological polar surface area (TPSA) is 80.5 Å². The lowest BCUT2D eigenvalue weighted by atomic mass is 10.1. The minimum Gasteiger partial charge on any atom is -0.272 e. The summed E-state index contributed by atoms with van der Waals surface area (Å²) in [4.78, 5) is 11.1. The summed E-state index contributed by atoms with van der Waals surface area (Å²) in [5.74, 6) is 4.88. The van der Waals surface area contributed by atoms with Crippen LogP contribution in [-0.2, 0) is 14.8 Å². The molecule has 0 atom stereocenters. The monoisotopic (exact) mass is 208 g/mol. The van der Waals surface area contributed by atoms with Gasteiger partial charge in [0.25, 0.3) is 5.91 Å². The average molecular weight is 208 g/mol. The van der Waals surface area contributed by atoms with Crippen LogP contribution in [0.1, 0.15) is 26.7 Å². The number of rotatable bonds is 4. The Kier molecular flexibility index (Phi) is 4.35. The lowest BCUT2D eigenvalue weighted by Gasteiger charge is -2.13. The fraction of sp³-hybridized carbons (Fsp3) is 0.857. The minimum atomic E-state index is -3.59. The molecule has 13 heavy (non-hydrogen) atoms. The lowest BCUT2D eigenvalue weighted by Crippen LogP contribution is -2.41. The fourth-order valence-corrected chi connectivity index (χ4v) is 1.17. The molecule has 0 radical (unpaired) electrons. The molecule has 1 amide bonds. The van der Waals surface area contributed by atoms with Gasteiger partial charge in [-0.3, -0.25) is 4.79 Å². The third-order valence-corrected chi connectivity index (χ3v) is 2.46. The Hall–Kier alpha value is -0.620. The van der Waals surface area contributed by atoms with Gasteiger partial charge in [-0.2, -0.15) is 4.41 Å². The zero-order chi connectivity index (χ0) is 10.6. The summed E-state index contributed by atoms with van der Waals surface area (Å²) in [7, 11) is -3.59. The Morgan fingerprint density at radius 3 is 2.23 bits per heavy atom. The van der Waals surface area contributed by atoms with Gasteiger partial charge in [0.1, 0.15) is 0 Å². The number of hydrogen-bond donors (Lipinski definition) is 1. The largest absolute Gasteiger partial charge is 0.272 e. The summed E-state index contributed by atoms with van der Waals surface area (Å²) >= 11 is 0. The second kappa shape index (κ2) is 4.57. The van der Waals surface area contributed by atoms with Crippen molar-refractivity contribution in [3.8, 4) is 0 Å². The number of carbonyl (C=O) groups is 1. The molecule has 2 N–H and O–H groups in total. The summed E-state index contributed by atoms with van der Waals surface area (Å²) in [5, 5.41) is 0. The Labute approximate surface area is 78.9 Å². The zero-order valence-electron chi connectivity index (χ0n) is 8.15. The highest BCUT2D eigenvalue weighted by Crippen LogP contribution is 2.05. The maximum absolute atomic E-state index is 11.1. The molecule has 0 aromatic carbocycles. The molecule has 0 rings (SSSR count). The van der Waals surface area contributed by atoms with E-state index in [2.05, 4.69) is 0 Å². The van der Waals surface area contributed by atoms with Gasteiger partial charge in [-0.25, -0.2) is 14.3 Å². The van der Waals surface area contributed by atoms with Crippen molar-refractivity contribution in [2.24, 2.45) is 11.8 Å². The summed E-state index contributed by atoms with van der Waals surface area (Å²) < 4.78 is 21.9. The van der Waals surface area contributed by atoms with E-state index in [0.717, 1.165) is 6.26 Å². The number of amides is 1. The van der Waals surface area contributed by atoms with E-state index in [4.69, 9.17) is 5.84 Å². The van der Waals surface area contributed by atoms with Gasteiger partial charge in [0.15, 0.2) is 0 Å². The molecule has 0 aromatic heterocycles. The summed E-state index contributed by atoms with van der Waals surface area (Å²) in [6, 6.07) is 0. The molecule has 0 heterocycles. The molecular formula is C7H16N2O3S. The van der Waals surface area contributed by atoms with E-state index in [1.54, 1.807) is 0 Å². The Balaban J connectivity index is 4.14. The van der Waals surface area contributed by atoms with Gasteiger partial charge in [-0.05, 0) is 12.3 Å².